The van der Waals surface area contributed by atoms with Gasteiger partial charge >= 0.3 is 6.08 Å². The molecule has 4 nitrogen and oxygen atoms in total. The van der Waals surface area contributed by atoms with Crippen LogP contribution in [-0.4, -0.2) is 22.0 Å². The van der Waals surface area contributed by atoms with Crippen LogP contribution < -0.4 is 5.32 Å². The second-order valence-corrected chi connectivity index (χ2v) is 2.68. The van der Waals surface area contributed by atoms with E-state index in [0.29, 0.717) is 0 Å². The van der Waals surface area contributed by atoms with Crippen molar-refractivity contribution >= 4 is 5.91 Å². The van der Waals surface area contributed by atoms with E-state index in [-0.39, 0.29) is 6.54 Å². The highest BCUT2D eigenvalue weighted by Crippen LogP contribution is 2.06. The number of carbonyl (C=O) groups is 1. The first-order valence-corrected chi connectivity index (χ1v) is 4.01. The number of amides is 1. The maximum absolute atomic E-state index is 12.3. The lowest BCUT2D eigenvalue weighted by atomic mass is 10.5. The molecule has 82 valence electrons. The van der Waals surface area contributed by atoms with Crippen molar-refractivity contribution in [1.82, 2.24) is 14.9 Å². The molecule has 0 saturated carbocycles. The molecule has 1 aromatic rings. The van der Waals surface area contributed by atoms with E-state index < -0.39 is 24.4 Å². The molecule has 0 unspecified atom stereocenters. The highest BCUT2D eigenvalue weighted by molar-refractivity contribution is 5.75. The summed E-state index contributed by atoms with van der Waals surface area (Å²) in [6.07, 6.45) is 1.97. The van der Waals surface area contributed by atoms with Crippen LogP contribution in [0.5, 0.6) is 0 Å². The van der Waals surface area contributed by atoms with E-state index >= 15 is 0 Å². The average molecular weight is 219 g/mol. The van der Waals surface area contributed by atoms with Gasteiger partial charge in [0.2, 0.25) is 5.91 Å². The Kier molecular flexibility index (Phi) is 3.90. The first-order chi connectivity index (χ1) is 7.09. The molecule has 0 bridgehead atoms. The summed E-state index contributed by atoms with van der Waals surface area (Å²) >= 11 is 0. The van der Waals surface area contributed by atoms with E-state index in [1.807, 2.05) is 5.32 Å². The smallest absolute Gasteiger partial charge is 0.303 e. The largest absolute Gasteiger partial charge is 0.348 e. The minimum atomic E-state index is -2.42. The Morgan fingerprint density at radius 3 is 2.67 bits per heavy atom. The summed E-state index contributed by atoms with van der Waals surface area (Å²) in [5.41, 5.74) is 0. The summed E-state index contributed by atoms with van der Waals surface area (Å²) < 4.78 is 36.9. The zero-order valence-corrected chi connectivity index (χ0v) is 7.58. The van der Waals surface area contributed by atoms with Crippen LogP contribution in [0.4, 0.5) is 13.2 Å². The molecule has 0 aliphatic rings. The molecule has 1 rings (SSSR count). The van der Waals surface area contributed by atoms with Gasteiger partial charge in [-0.1, -0.05) is 0 Å². The van der Waals surface area contributed by atoms with Gasteiger partial charge in [-0.3, -0.25) is 4.79 Å². The first-order valence-electron chi connectivity index (χ1n) is 4.01. The molecule has 7 heteroatoms. The van der Waals surface area contributed by atoms with Crippen LogP contribution >= 0.6 is 0 Å². The molecule has 0 aliphatic carbocycles. The summed E-state index contributed by atoms with van der Waals surface area (Å²) in [7, 11) is 0. The molecule has 15 heavy (non-hydrogen) atoms. The summed E-state index contributed by atoms with van der Waals surface area (Å²) in [5.74, 6) is -2.20. The Morgan fingerprint density at radius 2 is 2.13 bits per heavy atom. The SMILES string of the molecule is O=C(Cn1ccnc1)NCC(F)=C(F)F. The quantitative estimate of drug-likeness (QED) is 0.823. The summed E-state index contributed by atoms with van der Waals surface area (Å²) in [4.78, 5) is 14.7. The summed E-state index contributed by atoms with van der Waals surface area (Å²) in [5, 5.41) is 2.00. The molecule has 0 aliphatic heterocycles. The van der Waals surface area contributed by atoms with Crippen LogP contribution in [0.15, 0.2) is 30.6 Å². The first kappa shape index (κ1) is 11.3. The van der Waals surface area contributed by atoms with E-state index in [0.717, 1.165) is 0 Å². The molecule has 1 N–H and O–H groups in total. The number of carbonyl (C=O) groups excluding carboxylic acids is 1. The lowest BCUT2D eigenvalue weighted by Crippen LogP contribution is -2.28. The topological polar surface area (TPSA) is 46.9 Å². The zero-order valence-electron chi connectivity index (χ0n) is 7.58. The van der Waals surface area contributed by atoms with Crippen molar-refractivity contribution in [1.29, 1.82) is 0 Å². The summed E-state index contributed by atoms with van der Waals surface area (Å²) in [6, 6.07) is 0. The maximum Gasteiger partial charge on any atom is 0.303 e. The predicted molar refractivity (Wildman–Crippen MR) is 45.6 cm³/mol. The monoisotopic (exact) mass is 219 g/mol. The molecule has 0 saturated heterocycles. The Morgan fingerprint density at radius 1 is 1.40 bits per heavy atom. The third-order valence-electron chi connectivity index (χ3n) is 1.53. The average Bonchev–Trinajstić information content (AvgIpc) is 2.66. The van der Waals surface area contributed by atoms with Crippen LogP contribution in [0.25, 0.3) is 0 Å². The number of halogens is 3. The molecular formula is C8H8F3N3O. The fourth-order valence-electron chi connectivity index (χ4n) is 0.845. The van der Waals surface area contributed by atoms with Crippen molar-refractivity contribution in [2.24, 2.45) is 0 Å². The Labute approximate surface area is 83.4 Å². The van der Waals surface area contributed by atoms with Crippen molar-refractivity contribution in [3.8, 4) is 0 Å². The van der Waals surface area contributed by atoms with Gasteiger partial charge in [-0.2, -0.15) is 8.78 Å². The lowest BCUT2D eigenvalue weighted by molar-refractivity contribution is -0.121. The third kappa shape index (κ3) is 3.84. The van der Waals surface area contributed by atoms with Crippen LogP contribution in [0.2, 0.25) is 0 Å². The number of hydrogen-bond acceptors (Lipinski definition) is 2. The number of aromatic nitrogens is 2. The van der Waals surface area contributed by atoms with Crippen LogP contribution in [0.3, 0.4) is 0 Å². The Hall–Kier alpha value is -1.79. The molecule has 1 heterocycles. The van der Waals surface area contributed by atoms with Gasteiger partial charge in [-0.25, -0.2) is 9.37 Å². The van der Waals surface area contributed by atoms with Crippen molar-refractivity contribution in [2.75, 3.05) is 6.54 Å². The molecule has 0 fully saturated rings. The molecular weight excluding hydrogens is 211 g/mol. The van der Waals surface area contributed by atoms with E-state index in [1.54, 1.807) is 0 Å². The van der Waals surface area contributed by atoms with Gasteiger partial charge in [0.05, 0.1) is 12.9 Å². The predicted octanol–water partition coefficient (Wildman–Crippen LogP) is 1.08. The van der Waals surface area contributed by atoms with Gasteiger partial charge in [0.15, 0.2) is 5.83 Å². The summed E-state index contributed by atoms with van der Waals surface area (Å²) in [6.45, 7) is -0.878. The number of hydrogen-bond donors (Lipinski definition) is 1. The second-order valence-electron chi connectivity index (χ2n) is 2.68. The van der Waals surface area contributed by atoms with Gasteiger partial charge in [0, 0.05) is 12.4 Å². The van der Waals surface area contributed by atoms with Crippen molar-refractivity contribution < 1.29 is 18.0 Å². The van der Waals surface area contributed by atoms with Crippen LogP contribution in [0.1, 0.15) is 0 Å². The van der Waals surface area contributed by atoms with Gasteiger partial charge < -0.3 is 9.88 Å². The van der Waals surface area contributed by atoms with Gasteiger partial charge in [-0.15, -0.1) is 0 Å². The fraction of sp³-hybridized carbons (Fsp3) is 0.250. The zero-order chi connectivity index (χ0) is 11.3. The highest BCUT2D eigenvalue weighted by atomic mass is 19.3. The van der Waals surface area contributed by atoms with Gasteiger partial charge in [0.1, 0.15) is 6.54 Å². The van der Waals surface area contributed by atoms with E-state index in [9.17, 15) is 18.0 Å². The minimum Gasteiger partial charge on any atom is -0.348 e. The number of rotatable bonds is 4. The van der Waals surface area contributed by atoms with E-state index in [4.69, 9.17) is 0 Å². The van der Waals surface area contributed by atoms with E-state index in [2.05, 4.69) is 4.98 Å². The molecule has 0 spiro atoms. The van der Waals surface area contributed by atoms with Crippen molar-refractivity contribution in [2.45, 2.75) is 6.54 Å². The Bertz CT molecular complexity index is 357. The number of nitrogens with one attached hydrogen (secondary N) is 1. The molecule has 1 aromatic heterocycles. The van der Waals surface area contributed by atoms with Crippen LogP contribution in [-0.2, 0) is 11.3 Å². The normalized spacial score (nSPS) is 9.80. The van der Waals surface area contributed by atoms with Gasteiger partial charge in [-0.05, 0) is 0 Å². The van der Waals surface area contributed by atoms with Crippen molar-refractivity contribution in [3.63, 3.8) is 0 Å². The number of nitrogens with zero attached hydrogens (tertiary/aromatic N) is 2. The van der Waals surface area contributed by atoms with Crippen molar-refractivity contribution in [3.05, 3.63) is 30.6 Å². The van der Waals surface area contributed by atoms with Gasteiger partial charge in [0.25, 0.3) is 0 Å². The molecule has 0 atom stereocenters. The molecule has 0 radical (unpaired) electrons. The molecule has 1 amide bonds. The second kappa shape index (κ2) is 5.18. The molecule has 0 aromatic carbocycles. The number of imidazole rings is 1. The van der Waals surface area contributed by atoms with Crippen LogP contribution in [0, 0.1) is 0 Å². The minimum absolute atomic E-state index is 0.0822. The fourth-order valence-corrected chi connectivity index (χ4v) is 0.845. The maximum atomic E-state index is 12.3. The van der Waals surface area contributed by atoms with E-state index in [1.165, 1.54) is 23.3 Å². The Balaban J connectivity index is 2.35. The lowest BCUT2D eigenvalue weighted by Gasteiger charge is -2.03. The highest BCUT2D eigenvalue weighted by Gasteiger charge is 2.07. The standard InChI is InChI=1S/C8H8F3N3O/c9-6(8(10)11)3-13-7(15)4-14-2-1-12-5-14/h1-2,5H,3-4H2,(H,13,15). The third-order valence-corrected chi connectivity index (χ3v) is 1.53.